The number of para-hydroxylation sites is 2. The number of hydrogen-bond acceptors (Lipinski definition) is 4. The maximum atomic E-state index is 12.8. The number of anilines is 1. The summed E-state index contributed by atoms with van der Waals surface area (Å²) in [5, 5.41) is 3.00. The Morgan fingerprint density at radius 3 is 2.42 bits per heavy atom. The molecule has 5 nitrogen and oxygen atoms in total. The zero-order chi connectivity index (χ0) is 21.2. The number of nitrogens with zero attached hydrogens (tertiary/aromatic N) is 2. The predicted molar refractivity (Wildman–Crippen MR) is 125 cm³/mol. The fourth-order valence-electron chi connectivity index (χ4n) is 3.40. The third-order valence-corrected chi connectivity index (χ3v) is 5.36. The molecule has 2 heterocycles. The highest BCUT2D eigenvalue weighted by molar-refractivity contribution is 9.10. The van der Waals surface area contributed by atoms with Crippen LogP contribution in [0.4, 0.5) is 5.69 Å². The summed E-state index contributed by atoms with van der Waals surface area (Å²) in [4.78, 5) is 21.6. The highest BCUT2D eigenvalue weighted by Crippen LogP contribution is 2.35. The number of aromatic nitrogens is 2. The Hall–Kier alpha value is -3.77. The molecular weight excluding hydrogens is 454 g/mol. The highest BCUT2D eigenvalue weighted by atomic mass is 79.9. The van der Waals surface area contributed by atoms with Crippen molar-refractivity contribution in [2.24, 2.45) is 0 Å². The van der Waals surface area contributed by atoms with E-state index < -0.39 is 0 Å². The molecule has 31 heavy (non-hydrogen) atoms. The Morgan fingerprint density at radius 2 is 1.61 bits per heavy atom. The smallest absolute Gasteiger partial charge is 0.257 e. The van der Waals surface area contributed by atoms with Crippen molar-refractivity contribution in [1.29, 1.82) is 0 Å². The molecule has 5 aromatic rings. The number of rotatable bonds is 4. The number of pyridine rings is 1. The van der Waals surface area contributed by atoms with Crippen molar-refractivity contribution in [3.63, 3.8) is 0 Å². The van der Waals surface area contributed by atoms with Crippen LogP contribution >= 0.6 is 15.9 Å². The SMILES string of the molecule is O=C(Nc1ccccc1-c1cccc2oc(-c3ccccc3)nc12)c1ccc(Br)nc1. The summed E-state index contributed by atoms with van der Waals surface area (Å²) in [5.74, 6) is 0.329. The zero-order valence-corrected chi connectivity index (χ0v) is 17.8. The second kappa shape index (κ2) is 8.16. The van der Waals surface area contributed by atoms with Gasteiger partial charge in [-0.25, -0.2) is 9.97 Å². The van der Waals surface area contributed by atoms with Crippen LogP contribution in [0.5, 0.6) is 0 Å². The Labute approximate surface area is 186 Å². The van der Waals surface area contributed by atoms with E-state index in [-0.39, 0.29) is 5.91 Å². The molecule has 0 bridgehead atoms. The minimum atomic E-state index is -0.232. The van der Waals surface area contributed by atoms with Crippen molar-refractivity contribution >= 4 is 38.6 Å². The second-order valence-electron chi connectivity index (χ2n) is 6.91. The topological polar surface area (TPSA) is 68.0 Å². The summed E-state index contributed by atoms with van der Waals surface area (Å²) in [6.07, 6.45) is 1.53. The van der Waals surface area contributed by atoms with Crippen LogP contribution in [0.25, 0.3) is 33.7 Å². The number of benzene rings is 3. The largest absolute Gasteiger partial charge is 0.436 e. The number of nitrogens with one attached hydrogen (secondary N) is 1. The Kier molecular flexibility index (Phi) is 5.06. The lowest BCUT2D eigenvalue weighted by Gasteiger charge is -2.11. The monoisotopic (exact) mass is 469 g/mol. The summed E-state index contributed by atoms with van der Waals surface area (Å²) in [6, 6.07) is 26.7. The minimum absolute atomic E-state index is 0.232. The van der Waals surface area contributed by atoms with Crippen LogP contribution in [0.2, 0.25) is 0 Å². The third kappa shape index (κ3) is 3.85. The first-order valence-electron chi connectivity index (χ1n) is 9.66. The molecule has 2 aromatic heterocycles. The van der Waals surface area contributed by atoms with Crippen LogP contribution in [-0.2, 0) is 0 Å². The van der Waals surface area contributed by atoms with Gasteiger partial charge in [-0.2, -0.15) is 0 Å². The summed E-state index contributed by atoms with van der Waals surface area (Å²) in [5.41, 5.74) is 5.25. The number of halogens is 1. The third-order valence-electron chi connectivity index (χ3n) is 4.89. The maximum absolute atomic E-state index is 12.8. The van der Waals surface area contributed by atoms with E-state index in [1.165, 1.54) is 6.20 Å². The van der Waals surface area contributed by atoms with Gasteiger partial charge in [-0.05, 0) is 52.3 Å². The van der Waals surface area contributed by atoms with E-state index in [2.05, 4.69) is 26.2 Å². The summed E-state index contributed by atoms with van der Waals surface area (Å²) >= 11 is 3.29. The molecule has 3 aromatic carbocycles. The van der Waals surface area contributed by atoms with Gasteiger partial charge >= 0.3 is 0 Å². The fourth-order valence-corrected chi connectivity index (χ4v) is 3.64. The van der Waals surface area contributed by atoms with E-state index >= 15 is 0 Å². The Bertz CT molecular complexity index is 1380. The molecule has 1 N–H and O–H groups in total. The van der Waals surface area contributed by atoms with Gasteiger partial charge in [0.25, 0.3) is 5.91 Å². The van der Waals surface area contributed by atoms with Gasteiger partial charge in [0.05, 0.1) is 5.56 Å². The van der Waals surface area contributed by atoms with Crippen molar-refractivity contribution in [2.75, 3.05) is 5.32 Å². The van der Waals surface area contributed by atoms with E-state index in [1.807, 2.05) is 72.8 Å². The first-order chi connectivity index (χ1) is 15.2. The van der Waals surface area contributed by atoms with Gasteiger partial charge in [-0.3, -0.25) is 4.79 Å². The van der Waals surface area contributed by atoms with Gasteiger partial charge in [0.2, 0.25) is 5.89 Å². The van der Waals surface area contributed by atoms with E-state index in [9.17, 15) is 4.79 Å². The number of oxazole rings is 1. The predicted octanol–water partition coefficient (Wildman–Crippen LogP) is 6.57. The van der Waals surface area contributed by atoms with Crippen LogP contribution in [0, 0.1) is 0 Å². The molecule has 0 aliphatic heterocycles. The second-order valence-corrected chi connectivity index (χ2v) is 7.72. The first kappa shape index (κ1) is 19.2. The van der Waals surface area contributed by atoms with Crippen LogP contribution in [0.15, 0.2) is 100 Å². The molecule has 0 aliphatic carbocycles. The Morgan fingerprint density at radius 1 is 0.839 bits per heavy atom. The van der Waals surface area contributed by atoms with Crippen molar-refractivity contribution in [3.05, 3.63) is 101 Å². The molecule has 150 valence electrons. The van der Waals surface area contributed by atoms with Crippen molar-refractivity contribution in [2.45, 2.75) is 0 Å². The van der Waals surface area contributed by atoms with Gasteiger partial charge in [-0.1, -0.05) is 48.5 Å². The molecule has 0 fully saturated rings. The number of amides is 1. The zero-order valence-electron chi connectivity index (χ0n) is 16.2. The molecule has 5 rings (SSSR count). The standard InChI is InChI=1S/C25H16BrN3O2/c26-22-14-13-17(15-27-22)24(30)28-20-11-5-4-9-18(20)19-10-6-12-21-23(19)29-25(31-21)16-7-2-1-3-8-16/h1-15H,(H,28,30). The Balaban J connectivity index is 1.56. The minimum Gasteiger partial charge on any atom is -0.436 e. The maximum Gasteiger partial charge on any atom is 0.257 e. The van der Waals surface area contributed by atoms with Crippen molar-refractivity contribution in [1.82, 2.24) is 9.97 Å². The molecule has 0 aliphatic rings. The lowest BCUT2D eigenvalue weighted by molar-refractivity contribution is 0.102. The molecule has 0 saturated heterocycles. The highest BCUT2D eigenvalue weighted by Gasteiger charge is 2.16. The average molecular weight is 470 g/mol. The summed E-state index contributed by atoms with van der Waals surface area (Å²) in [7, 11) is 0. The normalized spacial score (nSPS) is 10.9. The summed E-state index contributed by atoms with van der Waals surface area (Å²) in [6.45, 7) is 0. The molecule has 0 radical (unpaired) electrons. The van der Waals surface area contributed by atoms with Crippen LogP contribution in [-0.4, -0.2) is 15.9 Å². The number of hydrogen-bond donors (Lipinski definition) is 1. The van der Waals surface area contributed by atoms with Gasteiger partial charge < -0.3 is 9.73 Å². The molecule has 0 saturated carbocycles. The van der Waals surface area contributed by atoms with Gasteiger partial charge in [0.1, 0.15) is 10.1 Å². The number of carbonyl (C=O) groups is 1. The quantitative estimate of drug-likeness (QED) is 0.302. The van der Waals surface area contributed by atoms with E-state index in [4.69, 9.17) is 9.40 Å². The lowest BCUT2D eigenvalue weighted by atomic mass is 10.0. The molecular formula is C25H16BrN3O2. The van der Waals surface area contributed by atoms with Crippen LogP contribution in [0.1, 0.15) is 10.4 Å². The first-order valence-corrected chi connectivity index (χ1v) is 10.5. The van der Waals surface area contributed by atoms with Gasteiger partial charge in [0.15, 0.2) is 5.58 Å². The van der Waals surface area contributed by atoms with E-state index in [0.29, 0.717) is 27.3 Å². The van der Waals surface area contributed by atoms with Crippen LogP contribution in [0.3, 0.4) is 0 Å². The molecule has 0 spiro atoms. The van der Waals surface area contributed by atoms with Crippen molar-refractivity contribution < 1.29 is 9.21 Å². The van der Waals surface area contributed by atoms with Gasteiger partial charge in [-0.15, -0.1) is 0 Å². The molecule has 0 atom stereocenters. The fraction of sp³-hybridized carbons (Fsp3) is 0. The van der Waals surface area contributed by atoms with Gasteiger partial charge in [0, 0.05) is 28.6 Å². The van der Waals surface area contributed by atoms with Crippen molar-refractivity contribution in [3.8, 4) is 22.6 Å². The van der Waals surface area contributed by atoms with E-state index in [1.54, 1.807) is 12.1 Å². The van der Waals surface area contributed by atoms with E-state index in [0.717, 1.165) is 22.2 Å². The molecule has 0 unspecified atom stereocenters. The van der Waals surface area contributed by atoms with Crippen LogP contribution < -0.4 is 5.32 Å². The molecule has 6 heteroatoms. The summed E-state index contributed by atoms with van der Waals surface area (Å²) < 4.78 is 6.68. The average Bonchev–Trinajstić information content (AvgIpc) is 3.25. The number of carbonyl (C=O) groups excluding carboxylic acids is 1. The lowest BCUT2D eigenvalue weighted by Crippen LogP contribution is -2.12. The molecule has 1 amide bonds. The number of fused-ring (bicyclic) bond motifs is 1.